The number of hydrogen-bond donors (Lipinski definition) is 2. The number of halogens is 1. The van der Waals surface area contributed by atoms with Crippen LogP contribution in [0.4, 0.5) is 11.9 Å². The topological polar surface area (TPSA) is 62.7 Å². The molecule has 1 fully saturated rings. The fourth-order valence-corrected chi connectivity index (χ4v) is 2.77. The summed E-state index contributed by atoms with van der Waals surface area (Å²) in [7, 11) is 0. The summed E-state index contributed by atoms with van der Waals surface area (Å²) in [5.41, 5.74) is 0. The van der Waals surface area contributed by atoms with Crippen LogP contribution in [0.1, 0.15) is 46.0 Å². The molecule has 0 unspecified atom stereocenters. The van der Waals surface area contributed by atoms with Crippen LogP contribution < -0.4 is 10.6 Å². The van der Waals surface area contributed by atoms with E-state index in [0.717, 1.165) is 6.54 Å². The van der Waals surface area contributed by atoms with E-state index in [-0.39, 0.29) is 5.28 Å². The Bertz CT molecular complexity index is 406. The minimum Gasteiger partial charge on any atom is -0.354 e. The van der Waals surface area contributed by atoms with Crippen molar-refractivity contribution in [3.05, 3.63) is 5.28 Å². The second-order valence-electron chi connectivity index (χ2n) is 5.11. The van der Waals surface area contributed by atoms with E-state index < -0.39 is 0 Å². The molecule has 106 valence electrons. The summed E-state index contributed by atoms with van der Waals surface area (Å²) in [6, 6.07) is 0.369. The van der Waals surface area contributed by atoms with E-state index in [4.69, 9.17) is 11.6 Å². The molecular formula is C13H22ClN5. The molecule has 0 aliphatic heterocycles. The van der Waals surface area contributed by atoms with Crippen LogP contribution in [0.25, 0.3) is 0 Å². The first-order valence-corrected chi connectivity index (χ1v) is 7.49. The molecule has 1 atom stereocenters. The molecule has 1 heterocycles. The molecule has 0 aromatic carbocycles. The van der Waals surface area contributed by atoms with Gasteiger partial charge in [-0.25, -0.2) is 0 Å². The maximum atomic E-state index is 5.91. The SMILES string of the molecule is CCNc1nc(Cl)nc(N[C@@H](C)C2CCCCC2)n1. The quantitative estimate of drug-likeness (QED) is 0.868. The number of aromatic nitrogens is 3. The molecular weight excluding hydrogens is 262 g/mol. The van der Waals surface area contributed by atoms with E-state index in [1.165, 1.54) is 32.1 Å². The Kier molecular flexibility index (Phi) is 5.19. The Morgan fingerprint density at radius 3 is 2.53 bits per heavy atom. The summed E-state index contributed by atoms with van der Waals surface area (Å²) < 4.78 is 0. The number of nitrogens with zero attached hydrogens (tertiary/aromatic N) is 3. The van der Waals surface area contributed by atoms with Crippen LogP contribution in [-0.4, -0.2) is 27.5 Å². The van der Waals surface area contributed by atoms with Gasteiger partial charge in [0.25, 0.3) is 0 Å². The second-order valence-corrected chi connectivity index (χ2v) is 5.45. The van der Waals surface area contributed by atoms with E-state index in [1.807, 2.05) is 6.92 Å². The lowest BCUT2D eigenvalue weighted by Gasteiger charge is -2.28. The maximum absolute atomic E-state index is 5.91. The van der Waals surface area contributed by atoms with Crippen molar-refractivity contribution in [2.45, 2.75) is 52.0 Å². The van der Waals surface area contributed by atoms with Crippen LogP contribution in [0.5, 0.6) is 0 Å². The highest BCUT2D eigenvalue weighted by Gasteiger charge is 2.20. The highest BCUT2D eigenvalue weighted by molar-refractivity contribution is 6.28. The van der Waals surface area contributed by atoms with E-state index in [9.17, 15) is 0 Å². The zero-order chi connectivity index (χ0) is 13.7. The van der Waals surface area contributed by atoms with Gasteiger partial charge in [-0.3, -0.25) is 0 Å². The summed E-state index contributed by atoms with van der Waals surface area (Å²) in [6.45, 7) is 4.95. The lowest BCUT2D eigenvalue weighted by Crippen LogP contribution is -2.28. The summed E-state index contributed by atoms with van der Waals surface area (Å²) >= 11 is 5.91. The van der Waals surface area contributed by atoms with Gasteiger partial charge in [-0.15, -0.1) is 0 Å². The first kappa shape index (κ1) is 14.3. The average Bonchev–Trinajstić information content (AvgIpc) is 2.39. The molecule has 1 saturated carbocycles. The molecule has 1 aromatic rings. The van der Waals surface area contributed by atoms with Crippen LogP contribution in [0.15, 0.2) is 0 Å². The third-order valence-corrected chi connectivity index (χ3v) is 3.83. The van der Waals surface area contributed by atoms with Gasteiger partial charge in [-0.1, -0.05) is 19.3 Å². The number of rotatable bonds is 5. The van der Waals surface area contributed by atoms with E-state index >= 15 is 0 Å². The van der Waals surface area contributed by atoms with Crippen LogP contribution >= 0.6 is 11.6 Å². The van der Waals surface area contributed by atoms with E-state index in [1.54, 1.807) is 0 Å². The van der Waals surface area contributed by atoms with Crippen LogP contribution in [0.3, 0.4) is 0 Å². The molecule has 5 nitrogen and oxygen atoms in total. The summed E-state index contributed by atoms with van der Waals surface area (Å²) in [4.78, 5) is 12.5. The second kappa shape index (κ2) is 6.89. The lowest BCUT2D eigenvalue weighted by molar-refractivity contribution is 0.327. The number of anilines is 2. The third-order valence-electron chi connectivity index (χ3n) is 3.66. The fourth-order valence-electron chi connectivity index (χ4n) is 2.61. The van der Waals surface area contributed by atoms with Crippen molar-refractivity contribution < 1.29 is 0 Å². The van der Waals surface area contributed by atoms with Crippen LogP contribution in [0, 0.1) is 5.92 Å². The molecule has 2 N–H and O–H groups in total. The van der Waals surface area contributed by atoms with Gasteiger partial charge in [0, 0.05) is 12.6 Å². The smallest absolute Gasteiger partial charge is 0.229 e. The summed E-state index contributed by atoms with van der Waals surface area (Å²) in [5.74, 6) is 1.79. The molecule has 0 saturated heterocycles. The molecule has 19 heavy (non-hydrogen) atoms. The first-order chi connectivity index (χ1) is 9.19. The Hall–Kier alpha value is -1.10. The van der Waals surface area contributed by atoms with Gasteiger partial charge in [-0.2, -0.15) is 15.0 Å². The maximum Gasteiger partial charge on any atom is 0.229 e. The van der Waals surface area contributed by atoms with Crippen molar-refractivity contribution in [2.24, 2.45) is 5.92 Å². The molecule has 1 aliphatic carbocycles. The molecule has 1 aromatic heterocycles. The molecule has 0 bridgehead atoms. The van der Waals surface area contributed by atoms with Gasteiger partial charge in [-0.05, 0) is 44.2 Å². The van der Waals surface area contributed by atoms with Crippen molar-refractivity contribution >= 4 is 23.5 Å². The summed E-state index contributed by atoms with van der Waals surface area (Å²) in [6.07, 6.45) is 6.60. The predicted molar refractivity (Wildman–Crippen MR) is 78.7 cm³/mol. The van der Waals surface area contributed by atoms with Crippen LogP contribution in [-0.2, 0) is 0 Å². The minimum atomic E-state index is 0.226. The summed E-state index contributed by atoms with van der Waals surface area (Å²) in [5, 5.41) is 6.65. The van der Waals surface area contributed by atoms with Crippen molar-refractivity contribution in [1.29, 1.82) is 0 Å². The Morgan fingerprint density at radius 2 is 1.84 bits per heavy atom. The standard InChI is InChI=1S/C13H22ClN5/c1-3-15-12-17-11(14)18-13(19-12)16-9(2)10-7-5-4-6-8-10/h9-10H,3-8H2,1-2H3,(H2,15,16,17,18,19)/t9-/m0/s1. The zero-order valence-electron chi connectivity index (χ0n) is 11.6. The Labute approximate surface area is 119 Å². The lowest BCUT2D eigenvalue weighted by atomic mass is 9.85. The first-order valence-electron chi connectivity index (χ1n) is 7.11. The van der Waals surface area contributed by atoms with Gasteiger partial charge in [0.2, 0.25) is 17.2 Å². The molecule has 0 spiro atoms. The van der Waals surface area contributed by atoms with Crippen molar-refractivity contribution in [3.63, 3.8) is 0 Å². The zero-order valence-corrected chi connectivity index (χ0v) is 12.4. The van der Waals surface area contributed by atoms with Gasteiger partial charge in [0.1, 0.15) is 0 Å². The minimum absolute atomic E-state index is 0.226. The van der Waals surface area contributed by atoms with Gasteiger partial charge >= 0.3 is 0 Å². The predicted octanol–water partition coefficient (Wildman–Crippen LogP) is 3.34. The van der Waals surface area contributed by atoms with Gasteiger partial charge in [0.15, 0.2) is 0 Å². The fraction of sp³-hybridized carbons (Fsp3) is 0.769. The monoisotopic (exact) mass is 283 g/mol. The number of nitrogens with one attached hydrogen (secondary N) is 2. The molecule has 0 amide bonds. The largest absolute Gasteiger partial charge is 0.354 e. The normalized spacial score (nSPS) is 18.1. The highest BCUT2D eigenvalue weighted by atomic mass is 35.5. The van der Waals surface area contributed by atoms with Crippen molar-refractivity contribution in [2.75, 3.05) is 17.2 Å². The van der Waals surface area contributed by atoms with Gasteiger partial charge in [0.05, 0.1) is 0 Å². The number of hydrogen-bond acceptors (Lipinski definition) is 5. The average molecular weight is 284 g/mol. The van der Waals surface area contributed by atoms with E-state index in [0.29, 0.717) is 23.9 Å². The third kappa shape index (κ3) is 4.20. The Morgan fingerprint density at radius 1 is 1.16 bits per heavy atom. The molecule has 1 aliphatic rings. The van der Waals surface area contributed by atoms with E-state index in [2.05, 4.69) is 32.5 Å². The molecule has 6 heteroatoms. The highest BCUT2D eigenvalue weighted by Crippen LogP contribution is 2.27. The van der Waals surface area contributed by atoms with Gasteiger partial charge < -0.3 is 10.6 Å². The van der Waals surface area contributed by atoms with Crippen molar-refractivity contribution in [3.8, 4) is 0 Å². The van der Waals surface area contributed by atoms with Crippen LogP contribution in [0.2, 0.25) is 5.28 Å². The molecule has 2 rings (SSSR count). The van der Waals surface area contributed by atoms with Crippen molar-refractivity contribution in [1.82, 2.24) is 15.0 Å². The molecule has 0 radical (unpaired) electrons. The Balaban J connectivity index is 2.00.